The van der Waals surface area contributed by atoms with Crippen molar-refractivity contribution < 1.29 is 27.1 Å². The molecule has 5 rings (SSSR count). The Labute approximate surface area is 208 Å². The number of halogens is 3. The molecule has 37 heavy (non-hydrogen) atoms. The number of amides is 1. The maximum Gasteiger partial charge on any atom is 0.410 e. The third-order valence-electron chi connectivity index (χ3n) is 5.82. The highest BCUT2D eigenvalue weighted by Gasteiger charge is 2.37. The number of benzene rings is 1. The van der Waals surface area contributed by atoms with E-state index < -0.39 is 29.8 Å². The Bertz CT molecular complexity index is 1510. The van der Waals surface area contributed by atoms with Crippen LogP contribution in [-0.4, -0.2) is 54.0 Å². The van der Waals surface area contributed by atoms with Crippen molar-refractivity contribution in [2.45, 2.75) is 45.4 Å². The van der Waals surface area contributed by atoms with Gasteiger partial charge >= 0.3 is 18.2 Å². The van der Waals surface area contributed by atoms with Crippen LogP contribution >= 0.6 is 0 Å². The molecule has 4 heterocycles. The lowest BCUT2D eigenvalue weighted by atomic mass is 10.1. The quantitative estimate of drug-likeness (QED) is 0.392. The van der Waals surface area contributed by atoms with Gasteiger partial charge in [-0.1, -0.05) is 0 Å². The molecule has 0 radical (unpaired) electrons. The molecule has 1 aliphatic rings. The lowest BCUT2D eigenvalue weighted by Gasteiger charge is -2.40. The van der Waals surface area contributed by atoms with Crippen LogP contribution in [0.15, 0.2) is 45.7 Å². The van der Waals surface area contributed by atoms with Crippen molar-refractivity contribution in [3.8, 4) is 11.5 Å². The first-order valence-electron chi connectivity index (χ1n) is 11.5. The molecule has 194 valence electrons. The minimum atomic E-state index is -2.88. The molecule has 1 saturated heterocycles. The summed E-state index contributed by atoms with van der Waals surface area (Å²) < 4.78 is 52.8. The molecule has 0 unspecified atom stereocenters. The Morgan fingerprint density at radius 3 is 2.54 bits per heavy atom. The van der Waals surface area contributed by atoms with Crippen molar-refractivity contribution in [1.29, 1.82) is 0 Å². The van der Waals surface area contributed by atoms with Gasteiger partial charge in [-0.25, -0.2) is 14.0 Å². The van der Waals surface area contributed by atoms with Gasteiger partial charge in [0.1, 0.15) is 11.4 Å². The van der Waals surface area contributed by atoms with Crippen LogP contribution in [-0.2, 0) is 11.3 Å². The average Bonchev–Trinajstić information content (AvgIpc) is 3.38. The van der Waals surface area contributed by atoms with E-state index in [1.165, 1.54) is 33.9 Å². The molecule has 1 amide bonds. The van der Waals surface area contributed by atoms with Crippen LogP contribution < -0.4 is 5.69 Å². The summed E-state index contributed by atoms with van der Waals surface area (Å²) in [7, 11) is 0. The number of imidazole rings is 1. The van der Waals surface area contributed by atoms with Gasteiger partial charge in [0.15, 0.2) is 0 Å². The van der Waals surface area contributed by atoms with Crippen LogP contribution in [0.4, 0.5) is 18.0 Å². The molecule has 1 aromatic carbocycles. The Morgan fingerprint density at radius 2 is 1.92 bits per heavy atom. The summed E-state index contributed by atoms with van der Waals surface area (Å²) in [6.07, 6.45) is -1.98. The molecular formula is C24H23F3N6O4. The number of pyridine rings is 1. The van der Waals surface area contributed by atoms with E-state index >= 15 is 0 Å². The highest BCUT2D eigenvalue weighted by atomic mass is 19.3. The second kappa shape index (κ2) is 9.05. The van der Waals surface area contributed by atoms with Crippen LogP contribution in [0.5, 0.6) is 0 Å². The number of carbonyl (C=O) groups excluding carboxylic acids is 1. The van der Waals surface area contributed by atoms with Crippen LogP contribution in [0.3, 0.4) is 0 Å². The summed E-state index contributed by atoms with van der Waals surface area (Å²) in [6, 6.07) is 6.93. The fourth-order valence-corrected chi connectivity index (χ4v) is 4.10. The van der Waals surface area contributed by atoms with Gasteiger partial charge in [0.25, 0.3) is 5.89 Å². The number of ether oxygens (including phenoxy) is 1. The van der Waals surface area contributed by atoms with E-state index in [9.17, 15) is 22.8 Å². The number of aromatic nitrogens is 5. The number of carbonyl (C=O) groups is 1. The molecule has 1 aliphatic heterocycles. The largest absolute Gasteiger partial charge is 0.444 e. The second-order valence-corrected chi connectivity index (χ2v) is 9.70. The van der Waals surface area contributed by atoms with E-state index in [0.29, 0.717) is 22.3 Å². The topological polar surface area (TPSA) is 108 Å². The van der Waals surface area contributed by atoms with Gasteiger partial charge in [-0.3, -0.25) is 14.1 Å². The normalized spacial score (nSPS) is 14.4. The molecule has 0 saturated carbocycles. The minimum Gasteiger partial charge on any atom is -0.444 e. The average molecular weight is 516 g/mol. The summed E-state index contributed by atoms with van der Waals surface area (Å²) in [5.41, 5.74) is 0.697. The molecule has 13 heteroatoms. The number of hydrogen-bond acceptors (Lipinski definition) is 7. The standard InChI is InChI=1S/C24H23F3N6O4/c1-24(2,3)37-23(35)31-11-16(12-31)33-17-7-5-14(25)8-18(17)32(22(33)34)10-15-6-4-13(9-28-15)20-29-30-21(36-20)19(26)27/h4-9,16,19H,10-12H2,1-3H3. The zero-order valence-corrected chi connectivity index (χ0v) is 20.2. The molecule has 1 fully saturated rings. The van der Waals surface area contributed by atoms with Crippen molar-refractivity contribution >= 4 is 17.1 Å². The molecule has 0 atom stereocenters. The number of nitrogens with zero attached hydrogens (tertiary/aromatic N) is 6. The van der Waals surface area contributed by atoms with Gasteiger partial charge < -0.3 is 14.1 Å². The predicted molar refractivity (Wildman–Crippen MR) is 125 cm³/mol. The molecule has 0 N–H and O–H groups in total. The van der Waals surface area contributed by atoms with Gasteiger partial charge in [-0.2, -0.15) is 8.78 Å². The van der Waals surface area contributed by atoms with E-state index in [2.05, 4.69) is 15.2 Å². The molecule has 0 aliphatic carbocycles. The van der Waals surface area contributed by atoms with E-state index in [1.54, 1.807) is 37.5 Å². The smallest absolute Gasteiger partial charge is 0.410 e. The Kier molecular flexibility index (Phi) is 6.00. The van der Waals surface area contributed by atoms with Gasteiger partial charge in [-0.15, -0.1) is 10.2 Å². The van der Waals surface area contributed by atoms with Crippen molar-refractivity contribution in [3.05, 3.63) is 64.4 Å². The highest BCUT2D eigenvalue weighted by Crippen LogP contribution is 2.28. The highest BCUT2D eigenvalue weighted by molar-refractivity contribution is 5.77. The third kappa shape index (κ3) is 4.80. The number of rotatable bonds is 5. The van der Waals surface area contributed by atoms with Crippen LogP contribution in [0.1, 0.15) is 44.8 Å². The summed E-state index contributed by atoms with van der Waals surface area (Å²) in [5, 5.41) is 6.88. The Morgan fingerprint density at radius 1 is 1.16 bits per heavy atom. The Balaban J connectivity index is 1.40. The first-order valence-corrected chi connectivity index (χ1v) is 11.5. The fourth-order valence-electron chi connectivity index (χ4n) is 4.10. The SMILES string of the molecule is CC(C)(C)OC(=O)N1CC(n2c(=O)n(Cc3ccc(-c4nnc(C(F)F)o4)cn3)c3cc(F)ccc32)C1. The maximum absolute atomic E-state index is 14.1. The van der Waals surface area contributed by atoms with E-state index in [1.807, 2.05) is 0 Å². The molecular weight excluding hydrogens is 493 g/mol. The number of hydrogen-bond donors (Lipinski definition) is 0. The van der Waals surface area contributed by atoms with E-state index in [4.69, 9.17) is 9.15 Å². The molecule has 3 aromatic heterocycles. The van der Waals surface area contributed by atoms with Crippen LogP contribution in [0.2, 0.25) is 0 Å². The zero-order chi connectivity index (χ0) is 26.5. The number of likely N-dealkylation sites (tertiary alicyclic amines) is 1. The second-order valence-electron chi connectivity index (χ2n) is 9.70. The van der Waals surface area contributed by atoms with Gasteiger partial charge in [-0.05, 0) is 51.1 Å². The monoisotopic (exact) mass is 516 g/mol. The van der Waals surface area contributed by atoms with Gasteiger partial charge in [0.05, 0.1) is 34.9 Å². The van der Waals surface area contributed by atoms with Crippen LogP contribution in [0.25, 0.3) is 22.5 Å². The first-order chi connectivity index (χ1) is 17.5. The summed E-state index contributed by atoms with van der Waals surface area (Å²) >= 11 is 0. The van der Waals surface area contributed by atoms with Crippen molar-refractivity contribution in [2.24, 2.45) is 0 Å². The van der Waals surface area contributed by atoms with E-state index in [0.717, 1.165) is 0 Å². The molecule has 4 aromatic rings. The van der Waals surface area contributed by atoms with Crippen LogP contribution in [0, 0.1) is 5.82 Å². The van der Waals surface area contributed by atoms with E-state index in [-0.39, 0.29) is 37.3 Å². The van der Waals surface area contributed by atoms with Crippen molar-refractivity contribution in [2.75, 3.05) is 13.1 Å². The maximum atomic E-state index is 14.1. The number of fused-ring (bicyclic) bond motifs is 1. The van der Waals surface area contributed by atoms with Crippen molar-refractivity contribution in [1.82, 2.24) is 29.2 Å². The van der Waals surface area contributed by atoms with Gasteiger partial charge in [0, 0.05) is 19.3 Å². The minimum absolute atomic E-state index is 0.0285. The molecule has 10 nitrogen and oxygen atoms in total. The summed E-state index contributed by atoms with van der Waals surface area (Å²) in [6.45, 7) is 5.92. The third-order valence-corrected chi connectivity index (χ3v) is 5.82. The van der Waals surface area contributed by atoms with Gasteiger partial charge in [0.2, 0.25) is 5.89 Å². The van der Waals surface area contributed by atoms with Crippen molar-refractivity contribution in [3.63, 3.8) is 0 Å². The zero-order valence-electron chi connectivity index (χ0n) is 20.2. The lowest BCUT2D eigenvalue weighted by Crippen LogP contribution is -2.54. The summed E-state index contributed by atoms with van der Waals surface area (Å²) in [4.78, 5) is 31.5. The predicted octanol–water partition coefficient (Wildman–Crippen LogP) is 4.16. The lowest BCUT2D eigenvalue weighted by molar-refractivity contribution is 0.00108. The first kappa shape index (κ1) is 24.5. The number of alkyl halides is 2. The summed E-state index contributed by atoms with van der Waals surface area (Å²) in [5.74, 6) is -1.40. The fraction of sp³-hybridized carbons (Fsp3) is 0.375. The molecule has 0 spiro atoms. The molecule has 0 bridgehead atoms. The Hall–Kier alpha value is -4.16.